The quantitative estimate of drug-likeness (QED) is 0.377. The lowest BCUT2D eigenvalue weighted by Gasteiger charge is -2.35. The Morgan fingerprint density at radius 2 is 1.81 bits per heavy atom. The predicted octanol–water partition coefficient (Wildman–Crippen LogP) is 4.29. The molecule has 0 aromatic heterocycles. The first kappa shape index (κ1) is 21.2. The first-order chi connectivity index (χ1) is 12.4. The van der Waals surface area contributed by atoms with Gasteiger partial charge in [0.25, 0.3) is 0 Å². The van der Waals surface area contributed by atoms with Gasteiger partial charge in [0.15, 0.2) is 0 Å². The van der Waals surface area contributed by atoms with Gasteiger partial charge in [0.05, 0.1) is 27.3 Å². The number of nitrogens with zero attached hydrogens (tertiary/aromatic N) is 1. The number of rotatable bonds is 8. The number of unbranched alkanes of at least 4 members (excludes halogenated alkanes) is 2. The van der Waals surface area contributed by atoms with E-state index in [2.05, 4.69) is 24.8 Å². The summed E-state index contributed by atoms with van der Waals surface area (Å²) in [7, 11) is 0.158. The number of allylic oxidation sites excluding steroid dienone is 2. The van der Waals surface area contributed by atoms with Crippen LogP contribution < -0.4 is 5.19 Å². The largest absolute Gasteiger partial charge is 0.416 e. The Labute approximate surface area is 157 Å². The predicted molar refractivity (Wildman–Crippen MR) is 101 cm³/mol. The molecule has 0 bridgehead atoms. The number of halogens is 3. The molecule has 1 saturated heterocycles. The van der Waals surface area contributed by atoms with Crippen molar-refractivity contribution in [1.82, 2.24) is 4.90 Å². The third-order valence-electron chi connectivity index (χ3n) is 4.40. The van der Waals surface area contributed by atoms with Crippen LogP contribution in [0, 0.1) is 0 Å². The lowest BCUT2D eigenvalue weighted by molar-refractivity contribution is -0.136. The molecule has 1 fully saturated rings. The Bertz CT molecular complexity index is 566. The van der Waals surface area contributed by atoms with Crippen molar-refractivity contribution >= 4 is 14.7 Å². The summed E-state index contributed by atoms with van der Waals surface area (Å²) in [6.45, 7) is 7.32. The molecule has 0 spiro atoms. The van der Waals surface area contributed by atoms with Gasteiger partial charge in [-0.2, -0.15) is 13.2 Å². The zero-order valence-corrected chi connectivity index (χ0v) is 16.6. The summed E-state index contributed by atoms with van der Waals surface area (Å²) >= 11 is 0. The summed E-state index contributed by atoms with van der Waals surface area (Å²) < 4.78 is 44.6. The zero-order valence-electron chi connectivity index (χ0n) is 15.6. The number of ether oxygens (including phenoxy) is 1. The van der Waals surface area contributed by atoms with E-state index in [9.17, 15) is 13.2 Å². The minimum Gasteiger partial charge on any atom is -0.373 e. The minimum absolute atomic E-state index is 0.158. The van der Waals surface area contributed by atoms with Crippen molar-refractivity contribution in [3.8, 4) is 0 Å². The Morgan fingerprint density at radius 3 is 2.50 bits per heavy atom. The van der Waals surface area contributed by atoms with Gasteiger partial charge in [0, 0.05) is 13.1 Å². The van der Waals surface area contributed by atoms with Crippen molar-refractivity contribution in [2.24, 2.45) is 0 Å². The van der Waals surface area contributed by atoms with Gasteiger partial charge in [-0.1, -0.05) is 41.6 Å². The van der Waals surface area contributed by atoms with E-state index in [1.54, 1.807) is 12.1 Å². The highest BCUT2D eigenvalue weighted by Crippen LogP contribution is 2.27. The van der Waals surface area contributed by atoms with Crippen molar-refractivity contribution in [3.05, 3.63) is 42.0 Å². The molecular formula is C20H28F3NOSi. The van der Waals surface area contributed by atoms with Gasteiger partial charge < -0.3 is 4.74 Å². The Morgan fingerprint density at radius 1 is 1.12 bits per heavy atom. The highest BCUT2D eigenvalue weighted by atomic mass is 28.2. The van der Waals surface area contributed by atoms with Gasteiger partial charge in [-0.3, -0.25) is 4.90 Å². The lowest BCUT2D eigenvalue weighted by Crippen LogP contribution is -2.45. The third kappa shape index (κ3) is 7.25. The molecular weight excluding hydrogens is 355 g/mol. The highest BCUT2D eigenvalue weighted by molar-refractivity contribution is 6.54. The number of hydrogen-bond acceptors (Lipinski definition) is 2. The van der Waals surface area contributed by atoms with Crippen LogP contribution in [0.15, 0.2) is 36.4 Å². The van der Waals surface area contributed by atoms with Crippen LogP contribution in [0.25, 0.3) is 0 Å². The van der Waals surface area contributed by atoms with Gasteiger partial charge in [0.1, 0.15) is 0 Å². The van der Waals surface area contributed by atoms with Crippen molar-refractivity contribution < 1.29 is 17.9 Å². The molecule has 0 aliphatic carbocycles. The van der Waals surface area contributed by atoms with Crippen LogP contribution in [0.3, 0.4) is 0 Å². The lowest BCUT2D eigenvalue weighted by atomic mass is 10.2. The Hall–Kier alpha value is -1.11. The standard InChI is InChI=1S/C20H28F3NOSi/c1-16-14-24(15-17(2)25-16)12-8-4-3-5-9-13-26-19-11-7-6-10-18(19)20(21,22)23/h5-7,9-11,16-17H,3-4,8,12-15H2,1-2H3. The minimum atomic E-state index is -4.26. The maximum absolute atomic E-state index is 12.9. The van der Waals surface area contributed by atoms with Gasteiger partial charge >= 0.3 is 6.18 Å². The molecule has 144 valence electrons. The molecule has 0 N–H and O–H groups in total. The highest BCUT2D eigenvalue weighted by Gasteiger charge is 2.32. The number of morpholine rings is 1. The topological polar surface area (TPSA) is 12.5 Å². The van der Waals surface area contributed by atoms with Crippen LogP contribution in [0.4, 0.5) is 13.2 Å². The van der Waals surface area contributed by atoms with E-state index in [4.69, 9.17) is 4.74 Å². The second kappa shape index (κ2) is 10.3. The molecule has 1 aliphatic heterocycles. The van der Waals surface area contributed by atoms with Crippen LogP contribution >= 0.6 is 0 Å². The number of hydrogen-bond donors (Lipinski definition) is 0. The number of benzene rings is 1. The molecule has 6 heteroatoms. The average Bonchev–Trinajstić information content (AvgIpc) is 2.56. The summed E-state index contributed by atoms with van der Waals surface area (Å²) in [6, 6.07) is 6.54. The van der Waals surface area contributed by atoms with Crippen LogP contribution in [0.5, 0.6) is 0 Å². The summed E-state index contributed by atoms with van der Waals surface area (Å²) in [5.74, 6) is 0. The van der Waals surface area contributed by atoms with Gasteiger partial charge in [-0.25, -0.2) is 0 Å². The molecule has 2 atom stereocenters. The van der Waals surface area contributed by atoms with Crippen molar-refractivity contribution in [3.63, 3.8) is 0 Å². The smallest absolute Gasteiger partial charge is 0.373 e. The SMILES string of the molecule is CC1CN(CCCCC=CC[Si]c2ccccc2C(F)(F)F)CC(C)O1. The van der Waals surface area contributed by atoms with Crippen LogP contribution in [0.2, 0.25) is 6.04 Å². The Kier molecular flexibility index (Phi) is 8.38. The van der Waals surface area contributed by atoms with Crippen LogP contribution in [-0.4, -0.2) is 46.3 Å². The monoisotopic (exact) mass is 383 g/mol. The summed E-state index contributed by atoms with van der Waals surface area (Å²) in [5.41, 5.74) is -0.499. The van der Waals surface area contributed by atoms with E-state index in [0.29, 0.717) is 23.4 Å². The van der Waals surface area contributed by atoms with Crippen molar-refractivity contribution in [1.29, 1.82) is 0 Å². The summed E-state index contributed by atoms with van der Waals surface area (Å²) in [5, 5.41) is 0.403. The second-order valence-corrected chi connectivity index (χ2v) is 8.21. The third-order valence-corrected chi connectivity index (χ3v) is 5.66. The number of alkyl halides is 3. The fourth-order valence-corrected chi connectivity index (χ4v) is 4.45. The summed E-state index contributed by atoms with van der Waals surface area (Å²) in [4.78, 5) is 2.46. The molecule has 0 amide bonds. The van der Waals surface area contributed by atoms with Crippen LogP contribution in [0.1, 0.15) is 38.7 Å². The molecule has 1 heterocycles. The zero-order chi connectivity index (χ0) is 19.0. The molecule has 26 heavy (non-hydrogen) atoms. The van der Waals surface area contributed by atoms with Gasteiger partial charge in [0.2, 0.25) is 0 Å². The van der Waals surface area contributed by atoms with Gasteiger partial charge in [-0.05, 0) is 45.7 Å². The summed E-state index contributed by atoms with van der Waals surface area (Å²) in [6.07, 6.45) is 3.71. The van der Waals surface area contributed by atoms with Crippen LogP contribution in [-0.2, 0) is 10.9 Å². The molecule has 1 aromatic carbocycles. The molecule has 2 unspecified atom stereocenters. The molecule has 1 aliphatic rings. The first-order valence-electron chi connectivity index (χ1n) is 9.29. The molecule has 0 saturated carbocycles. The van der Waals surface area contributed by atoms with E-state index >= 15 is 0 Å². The molecule has 1 aromatic rings. The average molecular weight is 384 g/mol. The molecule has 2 rings (SSSR count). The first-order valence-corrected chi connectivity index (χ1v) is 10.5. The molecule has 2 radical (unpaired) electrons. The van der Waals surface area contributed by atoms with Gasteiger partial charge in [-0.15, -0.1) is 0 Å². The fourth-order valence-electron chi connectivity index (χ4n) is 3.32. The van der Waals surface area contributed by atoms with E-state index in [1.807, 2.05) is 6.08 Å². The van der Waals surface area contributed by atoms with E-state index in [1.165, 1.54) is 12.1 Å². The second-order valence-electron chi connectivity index (χ2n) is 6.91. The normalized spacial score (nSPS) is 22.2. The van der Waals surface area contributed by atoms with Crippen molar-refractivity contribution in [2.45, 2.75) is 57.5 Å². The van der Waals surface area contributed by atoms with E-state index < -0.39 is 11.7 Å². The maximum Gasteiger partial charge on any atom is 0.416 e. The van der Waals surface area contributed by atoms with Crippen molar-refractivity contribution in [2.75, 3.05) is 19.6 Å². The molecule has 2 nitrogen and oxygen atoms in total. The van der Waals surface area contributed by atoms with E-state index in [-0.39, 0.29) is 9.52 Å². The Balaban J connectivity index is 1.62. The fraction of sp³-hybridized carbons (Fsp3) is 0.600. The maximum atomic E-state index is 12.9. The van der Waals surface area contributed by atoms with E-state index in [0.717, 1.165) is 38.9 Å².